The van der Waals surface area contributed by atoms with E-state index in [-0.39, 0.29) is 24.0 Å². The maximum absolute atomic E-state index is 12.2. The van der Waals surface area contributed by atoms with Gasteiger partial charge in [-0.15, -0.1) is 0 Å². The maximum atomic E-state index is 12.2. The van der Waals surface area contributed by atoms with Gasteiger partial charge < -0.3 is 15.0 Å². The van der Waals surface area contributed by atoms with Crippen molar-refractivity contribution in [3.8, 4) is 0 Å². The predicted octanol–water partition coefficient (Wildman–Crippen LogP) is 0.929. The summed E-state index contributed by atoms with van der Waals surface area (Å²) in [5.74, 6) is 0.267. The average molecular weight is 268 g/mol. The highest BCUT2D eigenvalue weighted by atomic mass is 16.5. The van der Waals surface area contributed by atoms with Crippen molar-refractivity contribution in [2.45, 2.75) is 51.7 Å². The molecule has 2 aliphatic rings. The molecule has 5 heteroatoms. The van der Waals surface area contributed by atoms with Gasteiger partial charge in [-0.25, -0.2) is 0 Å². The summed E-state index contributed by atoms with van der Waals surface area (Å²) >= 11 is 0. The third-order valence-electron chi connectivity index (χ3n) is 3.94. The van der Waals surface area contributed by atoms with Crippen molar-refractivity contribution in [1.29, 1.82) is 0 Å². The number of hydrogen-bond acceptors (Lipinski definition) is 3. The Labute approximate surface area is 114 Å². The van der Waals surface area contributed by atoms with Gasteiger partial charge in [0.2, 0.25) is 11.8 Å². The number of nitrogens with one attached hydrogen (secondary N) is 1. The van der Waals surface area contributed by atoms with E-state index < -0.39 is 5.54 Å². The highest BCUT2D eigenvalue weighted by Crippen LogP contribution is 2.44. The summed E-state index contributed by atoms with van der Waals surface area (Å²) in [6.07, 6.45) is 2.04. The summed E-state index contributed by atoms with van der Waals surface area (Å²) in [6, 6.07) is 0. The van der Waals surface area contributed by atoms with E-state index in [9.17, 15) is 9.59 Å². The molecule has 0 aromatic rings. The van der Waals surface area contributed by atoms with Crippen LogP contribution in [0.15, 0.2) is 0 Å². The zero-order valence-electron chi connectivity index (χ0n) is 12.3. The van der Waals surface area contributed by atoms with Gasteiger partial charge in [0.05, 0.1) is 18.8 Å². The Balaban J connectivity index is 2.05. The lowest BCUT2D eigenvalue weighted by atomic mass is 9.90. The molecule has 0 aromatic carbocycles. The number of rotatable bonds is 4. The standard InChI is InChI=1S/C14H24N2O3/c1-13(2,3)19-8-7-16-11(17)9-15-12(18)14(16,4)10-5-6-10/h10H,5-9H2,1-4H3,(H,15,18). The minimum Gasteiger partial charge on any atom is -0.374 e. The van der Waals surface area contributed by atoms with Gasteiger partial charge in [-0.05, 0) is 46.5 Å². The summed E-state index contributed by atoms with van der Waals surface area (Å²) in [5, 5.41) is 2.71. The second-order valence-electron chi connectivity index (χ2n) is 6.61. The quantitative estimate of drug-likeness (QED) is 0.825. The molecule has 1 saturated heterocycles. The number of nitrogens with zero attached hydrogens (tertiary/aromatic N) is 1. The van der Waals surface area contributed by atoms with Crippen LogP contribution in [0, 0.1) is 5.92 Å². The largest absolute Gasteiger partial charge is 0.374 e. The first-order valence-electron chi connectivity index (χ1n) is 6.98. The van der Waals surface area contributed by atoms with Crippen LogP contribution in [0.5, 0.6) is 0 Å². The monoisotopic (exact) mass is 268 g/mol. The fraction of sp³-hybridized carbons (Fsp3) is 0.857. The second kappa shape index (κ2) is 4.78. The van der Waals surface area contributed by atoms with Gasteiger partial charge in [-0.1, -0.05) is 0 Å². The fourth-order valence-corrected chi connectivity index (χ4v) is 2.66. The molecule has 1 atom stereocenters. The molecule has 0 bridgehead atoms. The Morgan fingerprint density at radius 2 is 2.00 bits per heavy atom. The Hall–Kier alpha value is -1.10. The van der Waals surface area contributed by atoms with Crippen molar-refractivity contribution in [2.75, 3.05) is 19.7 Å². The zero-order chi connectivity index (χ0) is 14.3. The number of amides is 2. The first-order valence-corrected chi connectivity index (χ1v) is 6.98. The second-order valence-corrected chi connectivity index (χ2v) is 6.61. The van der Waals surface area contributed by atoms with Crippen LogP contribution in [0.25, 0.3) is 0 Å². The van der Waals surface area contributed by atoms with Crippen LogP contribution in [0.1, 0.15) is 40.5 Å². The van der Waals surface area contributed by atoms with E-state index in [0.29, 0.717) is 19.1 Å². The smallest absolute Gasteiger partial charge is 0.246 e. The lowest BCUT2D eigenvalue weighted by Crippen LogP contribution is -2.67. The summed E-state index contributed by atoms with van der Waals surface area (Å²) < 4.78 is 5.68. The predicted molar refractivity (Wildman–Crippen MR) is 71.6 cm³/mol. The first-order chi connectivity index (χ1) is 8.75. The van der Waals surface area contributed by atoms with Crippen LogP contribution in [-0.4, -0.2) is 47.6 Å². The van der Waals surface area contributed by atoms with Gasteiger partial charge in [0.1, 0.15) is 5.54 Å². The number of hydrogen-bond donors (Lipinski definition) is 1. The van der Waals surface area contributed by atoms with E-state index in [1.54, 1.807) is 4.90 Å². The van der Waals surface area contributed by atoms with Crippen LogP contribution in [0.3, 0.4) is 0 Å². The van der Waals surface area contributed by atoms with E-state index >= 15 is 0 Å². The van der Waals surface area contributed by atoms with Gasteiger partial charge in [0, 0.05) is 6.54 Å². The Kier molecular flexibility index (Phi) is 3.60. The molecule has 2 rings (SSSR count). The minimum atomic E-state index is -0.684. The van der Waals surface area contributed by atoms with E-state index in [1.165, 1.54) is 0 Å². The molecule has 5 nitrogen and oxygen atoms in total. The lowest BCUT2D eigenvalue weighted by Gasteiger charge is -2.44. The molecule has 1 aliphatic carbocycles. The number of ether oxygens (including phenoxy) is 1. The molecule has 2 amide bonds. The van der Waals surface area contributed by atoms with E-state index in [4.69, 9.17) is 4.74 Å². The average Bonchev–Trinajstić information content (AvgIpc) is 3.11. The van der Waals surface area contributed by atoms with Crippen molar-refractivity contribution in [1.82, 2.24) is 10.2 Å². The molecule has 0 spiro atoms. The minimum absolute atomic E-state index is 0.00786. The summed E-state index contributed by atoms with van der Waals surface area (Å²) in [4.78, 5) is 26.0. The topological polar surface area (TPSA) is 58.6 Å². The van der Waals surface area contributed by atoms with Gasteiger partial charge in [-0.3, -0.25) is 9.59 Å². The van der Waals surface area contributed by atoms with Gasteiger partial charge in [0.25, 0.3) is 0 Å². The van der Waals surface area contributed by atoms with Crippen LogP contribution >= 0.6 is 0 Å². The highest BCUT2D eigenvalue weighted by molar-refractivity contribution is 5.98. The number of carbonyl (C=O) groups excluding carboxylic acids is 2. The van der Waals surface area contributed by atoms with Gasteiger partial charge in [0.15, 0.2) is 0 Å². The normalized spacial score (nSPS) is 28.5. The molecule has 19 heavy (non-hydrogen) atoms. The van der Waals surface area contributed by atoms with Gasteiger partial charge in [-0.2, -0.15) is 0 Å². The van der Waals surface area contributed by atoms with E-state index in [1.807, 2.05) is 27.7 Å². The van der Waals surface area contributed by atoms with E-state index in [0.717, 1.165) is 12.8 Å². The van der Waals surface area contributed by atoms with Crippen molar-refractivity contribution in [3.05, 3.63) is 0 Å². The van der Waals surface area contributed by atoms with E-state index in [2.05, 4.69) is 5.32 Å². The van der Waals surface area contributed by atoms with Crippen LogP contribution in [-0.2, 0) is 14.3 Å². The van der Waals surface area contributed by atoms with Crippen LogP contribution in [0.2, 0.25) is 0 Å². The molecule has 1 N–H and O–H groups in total. The third kappa shape index (κ3) is 2.91. The summed E-state index contributed by atoms with van der Waals surface area (Å²) in [5.41, 5.74) is -0.909. The lowest BCUT2D eigenvalue weighted by molar-refractivity contribution is -0.156. The molecular formula is C14H24N2O3. The Bertz CT molecular complexity index is 385. The van der Waals surface area contributed by atoms with Crippen molar-refractivity contribution in [2.24, 2.45) is 5.92 Å². The number of carbonyl (C=O) groups is 2. The van der Waals surface area contributed by atoms with Crippen LogP contribution in [0.4, 0.5) is 0 Å². The molecule has 1 heterocycles. The summed E-state index contributed by atoms with van der Waals surface area (Å²) in [7, 11) is 0. The molecule has 0 aromatic heterocycles. The molecule has 1 saturated carbocycles. The third-order valence-corrected chi connectivity index (χ3v) is 3.94. The molecule has 1 aliphatic heterocycles. The molecule has 108 valence electrons. The molecular weight excluding hydrogens is 244 g/mol. The summed E-state index contributed by atoms with van der Waals surface area (Å²) in [6.45, 7) is 8.89. The zero-order valence-corrected chi connectivity index (χ0v) is 12.3. The SMILES string of the molecule is CC(C)(C)OCCN1C(=O)CNC(=O)C1(C)C1CC1. The van der Waals surface area contributed by atoms with Crippen molar-refractivity contribution >= 4 is 11.8 Å². The number of piperazine rings is 1. The Morgan fingerprint density at radius 1 is 1.37 bits per heavy atom. The molecule has 1 unspecified atom stereocenters. The highest BCUT2D eigenvalue weighted by Gasteiger charge is 2.54. The van der Waals surface area contributed by atoms with Crippen LogP contribution < -0.4 is 5.32 Å². The van der Waals surface area contributed by atoms with Crippen molar-refractivity contribution < 1.29 is 14.3 Å². The molecule has 2 fully saturated rings. The molecule has 0 radical (unpaired) electrons. The first kappa shape index (κ1) is 14.3. The Morgan fingerprint density at radius 3 is 2.53 bits per heavy atom. The fourth-order valence-electron chi connectivity index (χ4n) is 2.66. The maximum Gasteiger partial charge on any atom is 0.246 e. The van der Waals surface area contributed by atoms with Crippen molar-refractivity contribution in [3.63, 3.8) is 0 Å². The van der Waals surface area contributed by atoms with Gasteiger partial charge >= 0.3 is 0 Å².